The van der Waals surface area contributed by atoms with Crippen LogP contribution >= 0.6 is 11.3 Å². The van der Waals surface area contributed by atoms with E-state index < -0.39 is 10.8 Å². The first kappa shape index (κ1) is 11.2. The Hall–Kier alpha value is -0.260. The lowest BCUT2D eigenvalue weighted by molar-refractivity contribution is 0.474. The highest BCUT2D eigenvalue weighted by Crippen LogP contribution is 2.13. The van der Waals surface area contributed by atoms with Crippen LogP contribution in [0.4, 0.5) is 0 Å². The molecule has 2 heterocycles. The van der Waals surface area contributed by atoms with E-state index in [9.17, 15) is 4.21 Å². The van der Waals surface area contributed by atoms with E-state index in [-0.39, 0.29) is 0 Å². The van der Waals surface area contributed by atoms with E-state index in [0.717, 1.165) is 35.9 Å². The van der Waals surface area contributed by atoms with Crippen LogP contribution in [0, 0.1) is 6.92 Å². The lowest BCUT2D eigenvalue weighted by Crippen LogP contribution is -2.35. The van der Waals surface area contributed by atoms with Gasteiger partial charge < -0.3 is 5.32 Å². The molecule has 0 spiro atoms. The zero-order chi connectivity index (χ0) is 10.7. The van der Waals surface area contributed by atoms with Crippen LogP contribution in [0.15, 0.2) is 6.20 Å². The molecule has 0 bridgehead atoms. The third-order valence-electron chi connectivity index (χ3n) is 2.60. The number of hydrogen-bond acceptors (Lipinski definition) is 4. The van der Waals surface area contributed by atoms with E-state index in [0.29, 0.717) is 6.04 Å². The highest BCUT2D eigenvalue weighted by molar-refractivity contribution is 7.85. The van der Waals surface area contributed by atoms with Crippen molar-refractivity contribution in [1.82, 2.24) is 10.3 Å². The van der Waals surface area contributed by atoms with E-state index in [1.165, 1.54) is 4.88 Å². The molecule has 0 saturated carbocycles. The molecule has 1 fully saturated rings. The average Bonchev–Trinajstić information content (AvgIpc) is 2.64. The van der Waals surface area contributed by atoms with Crippen molar-refractivity contribution in [2.45, 2.75) is 32.4 Å². The molecule has 0 unspecified atom stereocenters. The third kappa shape index (κ3) is 3.36. The van der Waals surface area contributed by atoms with Crippen LogP contribution in [0.3, 0.4) is 0 Å². The number of thiazole rings is 1. The second-order valence-electron chi connectivity index (χ2n) is 3.87. The second kappa shape index (κ2) is 5.18. The number of nitrogens with zero attached hydrogens (tertiary/aromatic N) is 1. The van der Waals surface area contributed by atoms with Gasteiger partial charge in [0.2, 0.25) is 0 Å². The maximum absolute atomic E-state index is 11.2. The van der Waals surface area contributed by atoms with Crippen molar-refractivity contribution in [3.8, 4) is 0 Å². The Morgan fingerprint density at radius 3 is 2.93 bits per heavy atom. The summed E-state index contributed by atoms with van der Waals surface area (Å²) in [7, 11) is -0.558. The van der Waals surface area contributed by atoms with Gasteiger partial charge in [-0.15, -0.1) is 11.3 Å². The van der Waals surface area contributed by atoms with Crippen LogP contribution in [0.5, 0.6) is 0 Å². The van der Waals surface area contributed by atoms with Crippen LogP contribution in [0.2, 0.25) is 0 Å². The predicted molar refractivity (Wildman–Crippen MR) is 64.6 cm³/mol. The molecule has 0 aliphatic carbocycles. The summed E-state index contributed by atoms with van der Waals surface area (Å²) in [5.74, 6) is 1.71. The molecule has 1 aliphatic rings. The van der Waals surface area contributed by atoms with Crippen LogP contribution in [0.25, 0.3) is 0 Å². The number of hydrogen-bond donors (Lipinski definition) is 1. The fourth-order valence-electron chi connectivity index (χ4n) is 1.71. The highest BCUT2D eigenvalue weighted by atomic mass is 32.2. The van der Waals surface area contributed by atoms with Crippen LogP contribution in [-0.4, -0.2) is 26.7 Å². The highest BCUT2D eigenvalue weighted by Gasteiger charge is 2.17. The Bertz CT molecular complexity index is 341. The standard InChI is InChI=1S/C10H16N2OS2/c1-8-6-12-10(14-8)7-11-9-2-4-15(13)5-3-9/h6,9,11H,2-5,7H2,1H3. The Morgan fingerprint density at radius 2 is 2.33 bits per heavy atom. The zero-order valence-corrected chi connectivity index (χ0v) is 10.5. The number of aromatic nitrogens is 1. The van der Waals surface area contributed by atoms with Crippen molar-refractivity contribution in [1.29, 1.82) is 0 Å². The monoisotopic (exact) mass is 244 g/mol. The molecule has 1 aromatic heterocycles. The number of nitrogens with one attached hydrogen (secondary N) is 1. The van der Waals surface area contributed by atoms with Gasteiger partial charge in [-0.05, 0) is 19.8 Å². The Balaban J connectivity index is 1.76. The van der Waals surface area contributed by atoms with Crippen molar-refractivity contribution >= 4 is 22.1 Å². The van der Waals surface area contributed by atoms with E-state index in [2.05, 4.69) is 17.2 Å². The molecule has 84 valence electrons. The molecule has 0 amide bonds. The minimum atomic E-state index is -0.558. The first-order valence-corrected chi connectivity index (χ1v) is 7.54. The smallest absolute Gasteiger partial charge is 0.107 e. The molecule has 0 radical (unpaired) electrons. The minimum absolute atomic E-state index is 0.534. The summed E-state index contributed by atoms with van der Waals surface area (Å²) in [6.07, 6.45) is 3.99. The summed E-state index contributed by atoms with van der Waals surface area (Å²) >= 11 is 1.74. The normalized spacial score (nSPS) is 26.7. The molecule has 1 N–H and O–H groups in total. The van der Waals surface area contributed by atoms with Gasteiger partial charge in [0.05, 0.1) is 0 Å². The van der Waals surface area contributed by atoms with Gasteiger partial charge in [0.15, 0.2) is 0 Å². The zero-order valence-electron chi connectivity index (χ0n) is 8.86. The van der Waals surface area contributed by atoms with Crippen LogP contribution in [0.1, 0.15) is 22.7 Å². The van der Waals surface area contributed by atoms with E-state index in [1.807, 2.05) is 6.20 Å². The minimum Gasteiger partial charge on any atom is -0.308 e. The van der Waals surface area contributed by atoms with Crippen molar-refractivity contribution in [3.05, 3.63) is 16.1 Å². The first-order chi connectivity index (χ1) is 7.24. The van der Waals surface area contributed by atoms with Crippen molar-refractivity contribution < 1.29 is 4.21 Å². The predicted octanol–water partition coefficient (Wildman–Crippen LogP) is 1.45. The van der Waals surface area contributed by atoms with Gasteiger partial charge in [0.1, 0.15) is 5.01 Å². The molecular formula is C10H16N2OS2. The van der Waals surface area contributed by atoms with E-state index >= 15 is 0 Å². The molecule has 1 aromatic rings. The molecule has 0 aromatic carbocycles. The lowest BCUT2D eigenvalue weighted by Gasteiger charge is -2.21. The molecule has 15 heavy (non-hydrogen) atoms. The molecule has 3 nitrogen and oxygen atoms in total. The summed E-state index contributed by atoms with van der Waals surface area (Å²) < 4.78 is 11.2. The van der Waals surface area contributed by atoms with Crippen LogP contribution < -0.4 is 5.32 Å². The quantitative estimate of drug-likeness (QED) is 0.875. The van der Waals surface area contributed by atoms with Crippen molar-refractivity contribution in [2.24, 2.45) is 0 Å². The van der Waals surface area contributed by atoms with Crippen LogP contribution in [-0.2, 0) is 17.3 Å². The second-order valence-corrected chi connectivity index (χ2v) is 6.88. The van der Waals surface area contributed by atoms with Gasteiger partial charge in [-0.25, -0.2) is 4.98 Å². The topological polar surface area (TPSA) is 42.0 Å². The lowest BCUT2D eigenvalue weighted by atomic mass is 10.1. The Kier molecular flexibility index (Phi) is 3.88. The van der Waals surface area contributed by atoms with Gasteiger partial charge >= 0.3 is 0 Å². The van der Waals surface area contributed by atoms with E-state index in [4.69, 9.17) is 0 Å². The Morgan fingerprint density at radius 1 is 1.60 bits per heavy atom. The Labute approximate surface area is 96.8 Å². The molecular weight excluding hydrogens is 228 g/mol. The molecule has 5 heteroatoms. The number of aryl methyl sites for hydroxylation is 1. The van der Waals surface area contributed by atoms with Gasteiger partial charge in [0.25, 0.3) is 0 Å². The average molecular weight is 244 g/mol. The third-order valence-corrected chi connectivity index (χ3v) is 4.89. The maximum atomic E-state index is 11.2. The molecule has 1 saturated heterocycles. The van der Waals surface area contributed by atoms with Gasteiger partial charge in [-0.2, -0.15) is 0 Å². The fraction of sp³-hybridized carbons (Fsp3) is 0.700. The summed E-state index contributed by atoms with van der Waals surface area (Å²) in [5.41, 5.74) is 0. The van der Waals surface area contributed by atoms with Crippen molar-refractivity contribution in [2.75, 3.05) is 11.5 Å². The first-order valence-electron chi connectivity index (χ1n) is 5.24. The summed E-state index contributed by atoms with van der Waals surface area (Å²) in [6, 6.07) is 0.534. The van der Waals surface area contributed by atoms with E-state index in [1.54, 1.807) is 11.3 Å². The molecule has 1 aliphatic heterocycles. The summed E-state index contributed by atoms with van der Waals surface area (Å²) in [6.45, 7) is 2.93. The fourth-order valence-corrected chi connectivity index (χ4v) is 3.75. The summed E-state index contributed by atoms with van der Waals surface area (Å²) in [5, 5.41) is 4.64. The van der Waals surface area contributed by atoms with Gasteiger partial charge in [0, 0.05) is 46.0 Å². The summed E-state index contributed by atoms with van der Waals surface area (Å²) in [4.78, 5) is 5.57. The molecule has 2 rings (SSSR count). The van der Waals surface area contributed by atoms with Gasteiger partial charge in [-0.1, -0.05) is 0 Å². The SMILES string of the molecule is Cc1cnc(CNC2CCS(=O)CC2)s1. The van der Waals surface area contributed by atoms with Crippen molar-refractivity contribution in [3.63, 3.8) is 0 Å². The molecule has 0 atom stereocenters. The largest absolute Gasteiger partial charge is 0.308 e. The van der Waals surface area contributed by atoms with Gasteiger partial charge in [-0.3, -0.25) is 4.21 Å². The number of rotatable bonds is 3. The maximum Gasteiger partial charge on any atom is 0.107 e.